The fraction of sp³-hybridized carbons (Fsp3) is 0. The first kappa shape index (κ1) is 9.52. The molecule has 0 amide bonds. The summed E-state index contributed by atoms with van der Waals surface area (Å²) >= 11 is 0. The summed E-state index contributed by atoms with van der Waals surface area (Å²) in [5, 5.41) is 0. The molecular formula is H7N2O3P. The molecule has 40 valence electrons. The Morgan fingerprint density at radius 1 is 1.00 bits per heavy atom. The molecular weight excluding hydrogens is 107 g/mol. The fourth-order valence-electron chi connectivity index (χ4n) is 0. The van der Waals surface area contributed by atoms with Crippen molar-refractivity contribution in [2.75, 3.05) is 0 Å². The average molecular weight is 114 g/mol. The van der Waals surface area contributed by atoms with Crippen LogP contribution in [0.25, 0.3) is 0 Å². The highest BCUT2D eigenvalue weighted by Crippen LogP contribution is 2.11. The van der Waals surface area contributed by atoms with Gasteiger partial charge in [0.1, 0.15) is 0 Å². The van der Waals surface area contributed by atoms with Gasteiger partial charge in [0.05, 0.1) is 0 Å². The van der Waals surface area contributed by atoms with Crippen LogP contribution in [0, 0.1) is 0 Å². The predicted molar refractivity (Wildman–Crippen MR) is 22.0 cm³/mol. The fourth-order valence-corrected chi connectivity index (χ4v) is 0. The van der Waals surface area contributed by atoms with E-state index in [2.05, 4.69) is 11.7 Å². The Labute approximate surface area is 36.2 Å². The van der Waals surface area contributed by atoms with E-state index < -0.39 is 8.60 Å². The van der Waals surface area contributed by atoms with Crippen molar-refractivity contribution < 1.29 is 14.7 Å². The highest BCUT2D eigenvalue weighted by molar-refractivity contribution is 7.38. The smallest absolute Gasteiger partial charge is 0.324 e. The van der Waals surface area contributed by atoms with Gasteiger partial charge in [0.2, 0.25) is 0 Å². The monoisotopic (exact) mass is 114 g/mol. The van der Waals surface area contributed by atoms with Crippen LogP contribution in [0.1, 0.15) is 0 Å². The van der Waals surface area contributed by atoms with E-state index in [4.69, 9.17) is 14.7 Å². The SMILES string of the molecule is NN.OP(O)O. The molecule has 0 unspecified atom stereocenters. The minimum atomic E-state index is -2.62. The van der Waals surface area contributed by atoms with Crippen LogP contribution in [-0.4, -0.2) is 14.7 Å². The lowest BCUT2D eigenvalue weighted by Crippen LogP contribution is -2.02. The zero-order chi connectivity index (χ0) is 5.58. The molecule has 6 heteroatoms. The molecule has 0 spiro atoms. The van der Waals surface area contributed by atoms with Crippen LogP contribution in [-0.2, 0) is 0 Å². The quantitative estimate of drug-likeness (QED) is 0.142. The Kier molecular flexibility index (Phi) is 14.2. The first-order valence-corrected chi connectivity index (χ1v) is 2.13. The normalized spacial score (nSPS) is 7.00. The summed E-state index contributed by atoms with van der Waals surface area (Å²) in [4.78, 5) is 21.7. The summed E-state index contributed by atoms with van der Waals surface area (Å²) in [6, 6.07) is 0. The van der Waals surface area contributed by atoms with Crippen molar-refractivity contribution in [3.8, 4) is 0 Å². The molecule has 0 fully saturated rings. The molecule has 6 heavy (non-hydrogen) atoms. The van der Waals surface area contributed by atoms with Crippen molar-refractivity contribution in [3.05, 3.63) is 0 Å². The molecule has 0 bridgehead atoms. The van der Waals surface area contributed by atoms with Gasteiger partial charge < -0.3 is 14.7 Å². The standard InChI is InChI=1S/H4N2.H3O3P/c1-2;1-4(2)3/h1-2H2;1-3H. The molecule has 0 radical (unpaired) electrons. The molecule has 0 saturated heterocycles. The summed E-state index contributed by atoms with van der Waals surface area (Å²) in [5.41, 5.74) is 0. The van der Waals surface area contributed by atoms with E-state index in [-0.39, 0.29) is 0 Å². The molecule has 0 atom stereocenters. The van der Waals surface area contributed by atoms with Gasteiger partial charge in [-0.1, -0.05) is 0 Å². The molecule has 0 aliphatic carbocycles. The Morgan fingerprint density at radius 3 is 1.00 bits per heavy atom. The zero-order valence-electron chi connectivity index (χ0n) is 2.94. The number of nitrogens with two attached hydrogens (primary N) is 2. The second-order valence-corrected chi connectivity index (χ2v) is 0.805. The van der Waals surface area contributed by atoms with E-state index >= 15 is 0 Å². The summed E-state index contributed by atoms with van der Waals surface area (Å²) in [5.74, 6) is 8.00. The molecule has 5 nitrogen and oxygen atoms in total. The van der Waals surface area contributed by atoms with E-state index in [0.29, 0.717) is 0 Å². The highest BCUT2D eigenvalue weighted by atomic mass is 31.2. The Balaban J connectivity index is 0. The number of hydrogen-bond acceptors (Lipinski definition) is 5. The lowest BCUT2D eigenvalue weighted by molar-refractivity contribution is 0.368. The summed E-state index contributed by atoms with van der Waals surface area (Å²) < 4.78 is 0. The second-order valence-electron chi connectivity index (χ2n) is 0.268. The van der Waals surface area contributed by atoms with Crippen LogP contribution < -0.4 is 11.7 Å². The largest absolute Gasteiger partial charge is 0.328 e. The molecule has 0 aromatic rings. The predicted octanol–water partition coefficient (Wildman–Crippen LogP) is -1.99. The van der Waals surface area contributed by atoms with Crippen molar-refractivity contribution >= 4 is 8.60 Å². The van der Waals surface area contributed by atoms with Crippen molar-refractivity contribution in [1.82, 2.24) is 0 Å². The Bertz CT molecular complexity index is 13.5. The van der Waals surface area contributed by atoms with E-state index in [0.717, 1.165) is 0 Å². The Hall–Kier alpha value is 0.230. The molecule has 0 aliphatic heterocycles. The molecule has 0 aromatic carbocycles. The molecule has 0 saturated carbocycles. The maximum absolute atomic E-state index is 7.23. The van der Waals surface area contributed by atoms with E-state index in [1.54, 1.807) is 0 Å². The van der Waals surface area contributed by atoms with E-state index in [1.165, 1.54) is 0 Å². The van der Waals surface area contributed by atoms with Crippen molar-refractivity contribution in [3.63, 3.8) is 0 Å². The summed E-state index contributed by atoms with van der Waals surface area (Å²) in [7, 11) is -2.62. The van der Waals surface area contributed by atoms with Crippen LogP contribution in [0.5, 0.6) is 0 Å². The molecule has 0 rings (SSSR count). The van der Waals surface area contributed by atoms with Gasteiger partial charge in [-0.05, 0) is 0 Å². The lowest BCUT2D eigenvalue weighted by Gasteiger charge is -1.76. The van der Waals surface area contributed by atoms with Gasteiger partial charge in [-0.3, -0.25) is 11.7 Å². The zero-order valence-corrected chi connectivity index (χ0v) is 3.84. The minimum Gasteiger partial charge on any atom is -0.328 e. The third-order valence-corrected chi connectivity index (χ3v) is 0. The molecule has 0 heterocycles. The van der Waals surface area contributed by atoms with Gasteiger partial charge in [0.25, 0.3) is 0 Å². The van der Waals surface area contributed by atoms with Crippen LogP contribution in [0.3, 0.4) is 0 Å². The molecule has 0 aromatic heterocycles. The van der Waals surface area contributed by atoms with Crippen LogP contribution in [0.2, 0.25) is 0 Å². The van der Waals surface area contributed by atoms with Gasteiger partial charge in [-0.25, -0.2) is 0 Å². The molecule has 0 aliphatic rings. The minimum absolute atomic E-state index is 2.62. The van der Waals surface area contributed by atoms with Gasteiger partial charge >= 0.3 is 8.60 Å². The topological polar surface area (TPSA) is 113 Å². The van der Waals surface area contributed by atoms with Gasteiger partial charge in [0.15, 0.2) is 0 Å². The van der Waals surface area contributed by atoms with Gasteiger partial charge in [0, 0.05) is 0 Å². The van der Waals surface area contributed by atoms with Crippen LogP contribution in [0.15, 0.2) is 0 Å². The number of hydrogen-bond donors (Lipinski definition) is 5. The van der Waals surface area contributed by atoms with Crippen LogP contribution >= 0.6 is 8.60 Å². The lowest BCUT2D eigenvalue weighted by atomic mass is 13.0. The van der Waals surface area contributed by atoms with Crippen molar-refractivity contribution in [2.24, 2.45) is 11.7 Å². The average Bonchev–Trinajstić information content (AvgIpc) is 1.41. The first-order valence-electron chi connectivity index (χ1n) is 0.933. The summed E-state index contributed by atoms with van der Waals surface area (Å²) in [6.07, 6.45) is 0. The highest BCUT2D eigenvalue weighted by Gasteiger charge is 1.76. The molecule has 7 N–H and O–H groups in total. The van der Waals surface area contributed by atoms with Crippen LogP contribution in [0.4, 0.5) is 0 Å². The third kappa shape index (κ3) is 834. The summed E-state index contributed by atoms with van der Waals surface area (Å²) in [6.45, 7) is 0. The Morgan fingerprint density at radius 2 is 1.00 bits per heavy atom. The van der Waals surface area contributed by atoms with E-state index in [9.17, 15) is 0 Å². The third-order valence-electron chi connectivity index (χ3n) is 0. The maximum atomic E-state index is 7.23. The second kappa shape index (κ2) is 8.97. The number of hydrazine groups is 1. The maximum Gasteiger partial charge on any atom is 0.324 e. The van der Waals surface area contributed by atoms with E-state index in [1.807, 2.05) is 0 Å². The van der Waals surface area contributed by atoms with Crippen molar-refractivity contribution in [1.29, 1.82) is 0 Å². The first-order chi connectivity index (χ1) is 2.73. The van der Waals surface area contributed by atoms with Crippen molar-refractivity contribution in [2.45, 2.75) is 0 Å². The number of rotatable bonds is 0. The van der Waals surface area contributed by atoms with Gasteiger partial charge in [-0.15, -0.1) is 0 Å². The van der Waals surface area contributed by atoms with Gasteiger partial charge in [-0.2, -0.15) is 0 Å².